The third kappa shape index (κ3) is 3.69. The maximum Gasteiger partial charge on any atom is 0.210 e. The molecule has 0 amide bonds. The first-order valence-electron chi connectivity index (χ1n) is 11.9. The van der Waals surface area contributed by atoms with E-state index >= 15 is 0 Å². The molecule has 180 valence electrons. The molecule has 0 spiro atoms. The maximum atomic E-state index is 13.4. The number of aromatic nitrogens is 1. The number of nitrogens with zero attached hydrogens (tertiary/aromatic N) is 1. The van der Waals surface area contributed by atoms with E-state index in [1.807, 2.05) is 24.3 Å². The molecule has 0 fully saturated rings. The summed E-state index contributed by atoms with van der Waals surface area (Å²) >= 11 is 6.19. The van der Waals surface area contributed by atoms with Gasteiger partial charge in [-0.1, -0.05) is 25.4 Å². The van der Waals surface area contributed by atoms with Gasteiger partial charge in [-0.3, -0.25) is 4.79 Å². The number of methoxy groups -OCH3 is 1. The highest BCUT2D eigenvalue weighted by Crippen LogP contribution is 2.45. The number of aromatic amines is 1. The van der Waals surface area contributed by atoms with Gasteiger partial charge in [0.2, 0.25) is 11.5 Å². The van der Waals surface area contributed by atoms with Gasteiger partial charge in [0.05, 0.1) is 23.7 Å². The van der Waals surface area contributed by atoms with Crippen molar-refractivity contribution >= 4 is 45.3 Å². The van der Waals surface area contributed by atoms with Gasteiger partial charge in [0, 0.05) is 51.8 Å². The first-order valence-corrected chi connectivity index (χ1v) is 12.3. The molecule has 3 aromatic rings. The zero-order valence-electron chi connectivity index (χ0n) is 20.7. The molecule has 0 saturated heterocycles. The lowest BCUT2D eigenvalue weighted by atomic mass is 9.77. The summed E-state index contributed by atoms with van der Waals surface area (Å²) in [4.78, 5) is 16.5. The molecule has 1 aliphatic heterocycles. The molecule has 0 saturated carbocycles. The first-order chi connectivity index (χ1) is 16.6. The van der Waals surface area contributed by atoms with Gasteiger partial charge < -0.3 is 14.8 Å². The maximum absolute atomic E-state index is 13.4. The van der Waals surface area contributed by atoms with Crippen molar-refractivity contribution in [2.75, 3.05) is 13.7 Å². The van der Waals surface area contributed by atoms with Gasteiger partial charge in [-0.05, 0) is 50.1 Å². The number of halogens is 1. The molecule has 0 unspecified atom stereocenters. The van der Waals surface area contributed by atoms with Crippen molar-refractivity contribution < 1.29 is 19.2 Å². The second-order valence-corrected chi connectivity index (χ2v) is 10.7. The number of H-pyrrole nitrogens is 1. The first kappa shape index (κ1) is 23.4. The monoisotopic (exact) mass is 489 g/mol. The predicted molar refractivity (Wildman–Crippen MR) is 141 cm³/mol. The molecule has 5 nitrogen and oxygen atoms in total. The Bertz CT molecular complexity index is 1470. The van der Waals surface area contributed by atoms with E-state index in [0.29, 0.717) is 27.7 Å². The van der Waals surface area contributed by atoms with Crippen LogP contribution in [0, 0.1) is 5.92 Å². The fourth-order valence-corrected chi connectivity index (χ4v) is 5.28. The van der Waals surface area contributed by atoms with Crippen LogP contribution in [0.3, 0.4) is 0 Å². The standard InChI is InChI=1S/C29H29ClN2O3/c1-16(2)10-11-32-24-9-7-18(35-5)13-22(24)29(3,4)25(32)14-20-27(33)26(28(20)34)21-15-31-23-8-6-17(30)12-19(21)23/h6-9,12-16H,10-11H2,1-5H3,(H,33,34)/p+1. The minimum Gasteiger partial charge on any atom is -0.506 e. The molecule has 2 N–H and O–H groups in total. The Morgan fingerprint density at radius 2 is 1.97 bits per heavy atom. The minimum atomic E-state index is -0.363. The largest absolute Gasteiger partial charge is 0.506 e. The fourth-order valence-electron chi connectivity index (χ4n) is 5.11. The van der Waals surface area contributed by atoms with E-state index < -0.39 is 0 Å². The highest BCUT2D eigenvalue weighted by Gasteiger charge is 2.47. The number of hydrogen-bond donors (Lipinski definition) is 2. The number of carbonyl (C=O) groups excluding carboxylic acids is 1. The molecule has 5 rings (SSSR count). The van der Waals surface area contributed by atoms with E-state index in [1.54, 1.807) is 19.4 Å². The second kappa shape index (κ2) is 8.42. The van der Waals surface area contributed by atoms with Crippen molar-refractivity contribution in [3.63, 3.8) is 0 Å². The topological polar surface area (TPSA) is 65.3 Å². The molecule has 1 aliphatic carbocycles. The van der Waals surface area contributed by atoms with Crippen LogP contribution in [0.5, 0.6) is 5.75 Å². The van der Waals surface area contributed by atoms with Crippen LogP contribution in [0.4, 0.5) is 5.69 Å². The van der Waals surface area contributed by atoms with E-state index in [9.17, 15) is 9.90 Å². The third-order valence-electron chi connectivity index (χ3n) is 7.19. The quantitative estimate of drug-likeness (QED) is 0.298. The van der Waals surface area contributed by atoms with Crippen molar-refractivity contribution in [1.82, 2.24) is 4.98 Å². The molecule has 0 radical (unpaired) electrons. The van der Waals surface area contributed by atoms with Crippen molar-refractivity contribution in [2.45, 2.75) is 39.5 Å². The number of rotatable bonds is 6. The van der Waals surface area contributed by atoms with E-state index in [2.05, 4.69) is 49.4 Å². The van der Waals surface area contributed by atoms with Crippen LogP contribution in [0.1, 0.15) is 45.2 Å². The summed E-state index contributed by atoms with van der Waals surface area (Å²) in [5.74, 6) is 1.20. The summed E-state index contributed by atoms with van der Waals surface area (Å²) in [6.07, 6.45) is 4.63. The molecule has 0 bridgehead atoms. The number of ketones is 1. The van der Waals surface area contributed by atoms with Gasteiger partial charge in [-0.25, -0.2) is 0 Å². The van der Waals surface area contributed by atoms with Gasteiger partial charge in [0.25, 0.3) is 0 Å². The summed E-state index contributed by atoms with van der Waals surface area (Å²) in [5.41, 5.74) is 5.10. The molecule has 2 aliphatic rings. The number of allylic oxidation sites excluding steroid dienone is 3. The molecular formula is C29H30ClN2O3+. The summed E-state index contributed by atoms with van der Waals surface area (Å²) in [7, 11) is 1.67. The number of ether oxygens (including phenoxy) is 1. The number of fused-ring (bicyclic) bond motifs is 2. The zero-order chi connectivity index (χ0) is 25.1. The number of hydrogen-bond acceptors (Lipinski definition) is 3. The Labute approximate surface area is 210 Å². The summed E-state index contributed by atoms with van der Waals surface area (Å²) in [6.45, 7) is 9.54. The summed E-state index contributed by atoms with van der Waals surface area (Å²) in [5, 5.41) is 12.5. The minimum absolute atomic E-state index is 0.0246. The van der Waals surface area contributed by atoms with E-state index in [4.69, 9.17) is 16.3 Å². The molecule has 2 heterocycles. The van der Waals surface area contributed by atoms with Crippen molar-refractivity contribution in [1.29, 1.82) is 0 Å². The van der Waals surface area contributed by atoms with Crippen LogP contribution in [0.2, 0.25) is 5.02 Å². The summed E-state index contributed by atoms with van der Waals surface area (Å²) < 4.78 is 7.77. The summed E-state index contributed by atoms with van der Waals surface area (Å²) in [6, 6.07) is 11.6. The Morgan fingerprint density at radius 3 is 2.66 bits per heavy atom. The van der Waals surface area contributed by atoms with Crippen molar-refractivity contribution in [3.8, 4) is 5.75 Å². The average Bonchev–Trinajstić information content (AvgIpc) is 3.31. The molecule has 1 aromatic heterocycles. The van der Waals surface area contributed by atoms with Crippen LogP contribution in [-0.4, -0.2) is 39.8 Å². The Morgan fingerprint density at radius 1 is 1.20 bits per heavy atom. The lowest BCUT2D eigenvalue weighted by Crippen LogP contribution is -2.31. The van der Waals surface area contributed by atoms with Crippen LogP contribution < -0.4 is 4.74 Å². The van der Waals surface area contributed by atoms with Gasteiger partial charge in [0.15, 0.2) is 5.71 Å². The third-order valence-corrected chi connectivity index (χ3v) is 7.42. The van der Waals surface area contributed by atoms with Crippen molar-refractivity contribution in [2.24, 2.45) is 5.92 Å². The number of aliphatic hydroxyl groups excluding tert-OH is 1. The van der Waals surface area contributed by atoms with Crippen LogP contribution in [0.15, 0.2) is 60.0 Å². The predicted octanol–water partition coefficient (Wildman–Crippen LogP) is 6.73. The zero-order valence-corrected chi connectivity index (χ0v) is 21.5. The van der Waals surface area contributed by atoms with E-state index in [-0.39, 0.29) is 17.0 Å². The molecular weight excluding hydrogens is 460 g/mol. The molecule has 0 atom stereocenters. The van der Waals surface area contributed by atoms with Gasteiger partial charge in [-0.15, -0.1) is 0 Å². The SMILES string of the molecule is COc1ccc2c(c1)C(C)(C)C(/C=C1\C(=O)C(c3c[nH]c4ccc(Cl)cc34)=C1O)=[N+]2CCC(C)C. The number of aliphatic hydroxyl groups is 1. The van der Waals surface area contributed by atoms with Gasteiger partial charge in [-0.2, -0.15) is 4.58 Å². The number of Topliss-reactive ketones (excluding diaryl/α,β-unsaturated/α-hetero) is 1. The van der Waals surface area contributed by atoms with Crippen LogP contribution >= 0.6 is 11.6 Å². The van der Waals surface area contributed by atoms with Crippen LogP contribution in [0.25, 0.3) is 16.5 Å². The Hall–Kier alpha value is -3.31. The lowest BCUT2D eigenvalue weighted by molar-refractivity contribution is -0.439. The number of carbonyl (C=O) groups is 1. The van der Waals surface area contributed by atoms with Crippen molar-refractivity contribution in [3.05, 3.63) is 76.2 Å². The smallest absolute Gasteiger partial charge is 0.210 e. The normalized spacial score (nSPS) is 18.1. The number of nitrogens with one attached hydrogen (secondary N) is 1. The molecule has 2 aromatic carbocycles. The fraction of sp³-hybridized carbons (Fsp3) is 0.310. The lowest BCUT2D eigenvalue weighted by Gasteiger charge is -2.22. The van der Waals surface area contributed by atoms with Gasteiger partial charge in [0.1, 0.15) is 18.1 Å². The highest BCUT2D eigenvalue weighted by molar-refractivity contribution is 6.41. The van der Waals surface area contributed by atoms with Gasteiger partial charge >= 0.3 is 0 Å². The molecule has 6 heteroatoms. The Kier molecular flexibility index (Phi) is 5.64. The second-order valence-electron chi connectivity index (χ2n) is 10.2. The van der Waals surface area contributed by atoms with E-state index in [0.717, 1.165) is 46.6 Å². The highest BCUT2D eigenvalue weighted by atomic mass is 35.5. The Balaban J connectivity index is 1.62. The average molecular weight is 490 g/mol. The van der Waals surface area contributed by atoms with E-state index in [1.165, 1.54) is 0 Å². The molecule has 35 heavy (non-hydrogen) atoms. The number of benzene rings is 2. The van der Waals surface area contributed by atoms with Crippen LogP contribution in [-0.2, 0) is 10.2 Å².